The van der Waals surface area contributed by atoms with Crippen LogP contribution in [-0.2, 0) is 16.4 Å². The molecule has 0 atom stereocenters. The van der Waals surface area contributed by atoms with Gasteiger partial charge in [-0.05, 0) is 49.1 Å². The summed E-state index contributed by atoms with van der Waals surface area (Å²) in [7, 11) is -2.14. The lowest BCUT2D eigenvalue weighted by Gasteiger charge is -2.30. The Morgan fingerprint density at radius 3 is 2.68 bits per heavy atom. The molecule has 1 aliphatic rings. The van der Waals surface area contributed by atoms with Crippen LogP contribution < -0.4 is 9.04 Å². The molecule has 5 heteroatoms. The van der Waals surface area contributed by atoms with Crippen LogP contribution in [0.4, 0.5) is 5.69 Å². The molecule has 0 aromatic heterocycles. The quantitative estimate of drug-likeness (QED) is 0.873. The number of para-hydroxylation sites is 1. The lowest BCUT2D eigenvalue weighted by Crippen LogP contribution is -2.35. The lowest BCUT2D eigenvalue weighted by molar-refractivity contribution is 0.402. The van der Waals surface area contributed by atoms with Gasteiger partial charge in [-0.2, -0.15) is 0 Å². The number of ether oxygens (including phenoxy) is 1. The van der Waals surface area contributed by atoms with Crippen LogP contribution >= 0.6 is 0 Å². The number of hydrogen-bond donors (Lipinski definition) is 0. The molecular weight excluding hydrogens is 298 g/mol. The minimum absolute atomic E-state index is 0.228. The highest BCUT2D eigenvalue weighted by Gasteiger charge is 2.31. The molecule has 0 saturated carbocycles. The topological polar surface area (TPSA) is 46.6 Å². The highest BCUT2D eigenvalue weighted by Crippen LogP contribution is 2.35. The lowest BCUT2D eigenvalue weighted by atomic mass is 10.0. The maximum atomic E-state index is 13.1. The molecule has 0 spiro atoms. The van der Waals surface area contributed by atoms with Gasteiger partial charge in [0.1, 0.15) is 10.6 Å². The van der Waals surface area contributed by atoms with Crippen LogP contribution in [0.5, 0.6) is 5.75 Å². The maximum Gasteiger partial charge on any atom is 0.268 e. The second-order valence-corrected chi connectivity index (χ2v) is 7.29. The van der Waals surface area contributed by atoms with Gasteiger partial charge in [-0.15, -0.1) is 0 Å². The monoisotopic (exact) mass is 317 g/mol. The molecule has 22 heavy (non-hydrogen) atoms. The SMILES string of the molecule is COc1ccc(C)cc1S(=O)(=O)N1CCCc2ccccc21. The molecule has 3 rings (SSSR count). The zero-order valence-electron chi connectivity index (χ0n) is 12.7. The summed E-state index contributed by atoms with van der Waals surface area (Å²) in [6.07, 6.45) is 1.73. The fourth-order valence-electron chi connectivity index (χ4n) is 2.85. The van der Waals surface area contributed by atoms with Gasteiger partial charge in [-0.25, -0.2) is 8.42 Å². The normalized spacial score (nSPS) is 14.5. The number of aryl methyl sites for hydroxylation is 2. The van der Waals surface area contributed by atoms with E-state index < -0.39 is 10.0 Å². The van der Waals surface area contributed by atoms with E-state index in [-0.39, 0.29) is 4.90 Å². The van der Waals surface area contributed by atoms with Gasteiger partial charge in [0.05, 0.1) is 12.8 Å². The summed E-state index contributed by atoms with van der Waals surface area (Å²) in [5.41, 5.74) is 2.74. The third-order valence-electron chi connectivity index (χ3n) is 3.95. The Kier molecular flexibility index (Phi) is 3.83. The third kappa shape index (κ3) is 2.46. The summed E-state index contributed by atoms with van der Waals surface area (Å²) in [5.74, 6) is 0.383. The van der Waals surface area contributed by atoms with Gasteiger partial charge >= 0.3 is 0 Å². The molecule has 1 aliphatic heterocycles. The molecule has 0 amide bonds. The number of sulfonamides is 1. The van der Waals surface area contributed by atoms with Crippen molar-refractivity contribution in [3.63, 3.8) is 0 Å². The van der Waals surface area contributed by atoms with Crippen molar-refractivity contribution < 1.29 is 13.2 Å². The van der Waals surface area contributed by atoms with Crippen molar-refractivity contribution in [2.45, 2.75) is 24.7 Å². The molecule has 116 valence electrons. The van der Waals surface area contributed by atoms with E-state index in [0.717, 1.165) is 29.7 Å². The van der Waals surface area contributed by atoms with Gasteiger partial charge in [0.25, 0.3) is 10.0 Å². The Hall–Kier alpha value is -2.01. The molecule has 0 saturated heterocycles. The number of rotatable bonds is 3. The summed E-state index contributed by atoms with van der Waals surface area (Å²) in [5, 5.41) is 0. The first-order valence-electron chi connectivity index (χ1n) is 7.29. The average Bonchev–Trinajstić information content (AvgIpc) is 2.54. The van der Waals surface area contributed by atoms with Crippen molar-refractivity contribution in [2.24, 2.45) is 0 Å². The van der Waals surface area contributed by atoms with Crippen LogP contribution in [-0.4, -0.2) is 22.1 Å². The molecule has 0 unspecified atom stereocenters. The molecule has 0 bridgehead atoms. The van der Waals surface area contributed by atoms with Crippen molar-refractivity contribution in [3.8, 4) is 5.75 Å². The Morgan fingerprint density at radius 2 is 1.91 bits per heavy atom. The summed E-state index contributed by atoms with van der Waals surface area (Å²) >= 11 is 0. The summed E-state index contributed by atoms with van der Waals surface area (Å²) in [6.45, 7) is 2.37. The predicted octanol–water partition coefficient (Wildman–Crippen LogP) is 3.15. The average molecular weight is 317 g/mol. The van der Waals surface area contributed by atoms with Crippen molar-refractivity contribution in [1.29, 1.82) is 0 Å². The van der Waals surface area contributed by atoms with Crippen molar-refractivity contribution in [3.05, 3.63) is 53.6 Å². The number of anilines is 1. The van der Waals surface area contributed by atoms with Crippen LogP contribution in [0.1, 0.15) is 17.5 Å². The van der Waals surface area contributed by atoms with Gasteiger partial charge in [-0.1, -0.05) is 24.3 Å². The maximum absolute atomic E-state index is 13.1. The van der Waals surface area contributed by atoms with E-state index in [2.05, 4.69) is 0 Å². The van der Waals surface area contributed by atoms with Gasteiger partial charge in [0.15, 0.2) is 0 Å². The molecule has 2 aromatic carbocycles. The highest BCUT2D eigenvalue weighted by molar-refractivity contribution is 7.93. The van der Waals surface area contributed by atoms with Crippen LogP contribution in [0.2, 0.25) is 0 Å². The van der Waals surface area contributed by atoms with Crippen LogP contribution in [0.25, 0.3) is 0 Å². The molecule has 0 fully saturated rings. The van der Waals surface area contributed by atoms with Gasteiger partial charge in [0.2, 0.25) is 0 Å². The zero-order valence-corrected chi connectivity index (χ0v) is 13.6. The molecule has 4 nitrogen and oxygen atoms in total. The Balaban J connectivity index is 2.14. The van der Waals surface area contributed by atoms with Crippen molar-refractivity contribution in [1.82, 2.24) is 0 Å². The first kappa shape index (κ1) is 14.9. The standard InChI is InChI=1S/C17H19NO3S/c1-13-9-10-16(21-2)17(12-13)22(19,20)18-11-5-7-14-6-3-4-8-15(14)18/h3-4,6,8-10,12H,5,7,11H2,1-2H3. The fourth-order valence-corrected chi connectivity index (χ4v) is 4.64. The van der Waals surface area contributed by atoms with E-state index in [1.165, 1.54) is 11.4 Å². The number of methoxy groups -OCH3 is 1. The minimum atomic E-state index is -3.63. The first-order chi connectivity index (χ1) is 10.5. The van der Waals surface area contributed by atoms with E-state index in [0.29, 0.717) is 12.3 Å². The van der Waals surface area contributed by atoms with Crippen LogP contribution in [0.15, 0.2) is 47.4 Å². The number of hydrogen-bond acceptors (Lipinski definition) is 3. The fraction of sp³-hybridized carbons (Fsp3) is 0.294. The molecule has 0 N–H and O–H groups in total. The van der Waals surface area contributed by atoms with E-state index in [9.17, 15) is 8.42 Å². The number of fused-ring (bicyclic) bond motifs is 1. The predicted molar refractivity (Wildman–Crippen MR) is 87.0 cm³/mol. The van der Waals surface area contributed by atoms with E-state index in [1.807, 2.05) is 37.3 Å². The second-order valence-electron chi connectivity index (χ2n) is 5.46. The van der Waals surface area contributed by atoms with Crippen LogP contribution in [0.3, 0.4) is 0 Å². The van der Waals surface area contributed by atoms with Crippen LogP contribution in [0, 0.1) is 6.92 Å². The Bertz CT molecular complexity index is 799. The first-order valence-corrected chi connectivity index (χ1v) is 8.73. The number of nitrogens with zero attached hydrogens (tertiary/aromatic N) is 1. The van der Waals surface area contributed by atoms with E-state index >= 15 is 0 Å². The smallest absolute Gasteiger partial charge is 0.268 e. The van der Waals surface area contributed by atoms with Crippen molar-refractivity contribution in [2.75, 3.05) is 18.0 Å². The Morgan fingerprint density at radius 1 is 1.14 bits per heavy atom. The Labute approximate surface area is 131 Å². The summed E-state index contributed by atoms with van der Waals surface area (Å²) in [6, 6.07) is 12.9. The third-order valence-corrected chi connectivity index (χ3v) is 5.79. The molecule has 1 heterocycles. The molecular formula is C17H19NO3S. The second kappa shape index (κ2) is 5.65. The van der Waals surface area contributed by atoms with E-state index in [1.54, 1.807) is 12.1 Å². The van der Waals surface area contributed by atoms with E-state index in [4.69, 9.17) is 4.74 Å². The van der Waals surface area contributed by atoms with Gasteiger partial charge in [-0.3, -0.25) is 4.31 Å². The molecule has 0 aliphatic carbocycles. The minimum Gasteiger partial charge on any atom is -0.495 e. The molecule has 2 aromatic rings. The summed E-state index contributed by atoms with van der Waals surface area (Å²) in [4.78, 5) is 0.228. The molecule has 0 radical (unpaired) electrons. The number of benzene rings is 2. The summed E-state index contributed by atoms with van der Waals surface area (Å²) < 4.78 is 33.0. The zero-order chi connectivity index (χ0) is 15.7. The largest absolute Gasteiger partial charge is 0.495 e. The van der Waals surface area contributed by atoms with Gasteiger partial charge in [0, 0.05) is 6.54 Å². The van der Waals surface area contributed by atoms with Gasteiger partial charge < -0.3 is 4.74 Å². The highest BCUT2D eigenvalue weighted by atomic mass is 32.2. The van der Waals surface area contributed by atoms with Crippen molar-refractivity contribution >= 4 is 15.7 Å².